The number of carbonyl (C=O) groups is 2. The number of amides is 2. The zero-order valence-electron chi connectivity index (χ0n) is 14.8. The van der Waals surface area contributed by atoms with Gasteiger partial charge in [0.2, 0.25) is 0 Å². The first kappa shape index (κ1) is 18.5. The number of carbonyl (C=O) groups excluding carboxylic acids is 2. The van der Waals surface area contributed by atoms with Crippen LogP contribution in [0.1, 0.15) is 48.2 Å². The number of aryl methyl sites for hydroxylation is 1. The molecule has 2 rings (SSSR count). The zero-order chi connectivity index (χ0) is 18.2. The van der Waals surface area contributed by atoms with Gasteiger partial charge in [-0.3, -0.25) is 20.4 Å². The van der Waals surface area contributed by atoms with Crippen LogP contribution in [0.3, 0.4) is 0 Å². The number of hydrazine groups is 1. The van der Waals surface area contributed by atoms with Crippen molar-refractivity contribution in [2.75, 3.05) is 6.61 Å². The van der Waals surface area contributed by atoms with E-state index in [1.165, 1.54) is 0 Å². The third-order valence-electron chi connectivity index (χ3n) is 3.84. The van der Waals surface area contributed by atoms with Gasteiger partial charge >= 0.3 is 0 Å². The maximum absolute atomic E-state index is 12.0. The second-order valence-electron chi connectivity index (χ2n) is 6.03. The topological polar surface area (TPSA) is 67.4 Å². The molecule has 2 amide bonds. The van der Waals surface area contributed by atoms with Crippen molar-refractivity contribution in [3.8, 4) is 5.75 Å². The van der Waals surface area contributed by atoms with Gasteiger partial charge in [0.05, 0.1) is 0 Å². The van der Waals surface area contributed by atoms with Gasteiger partial charge in [-0.2, -0.15) is 0 Å². The summed E-state index contributed by atoms with van der Waals surface area (Å²) >= 11 is 0. The summed E-state index contributed by atoms with van der Waals surface area (Å²) in [6.45, 7) is 6.00. The molecule has 0 radical (unpaired) electrons. The number of rotatable bonds is 6. The molecule has 2 N–H and O–H groups in total. The second-order valence-corrected chi connectivity index (χ2v) is 6.03. The summed E-state index contributed by atoms with van der Waals surface area (Å²) in [6, 6.07) is 14.8. The van der Waals surface area contributed by atoms with Crippen LogP contribution < -0.4 is 15.6 Å². The van der Waals surface area contributed by atoms with Crippen molar-refractivity contribution in [1.82, 2.24) is 10.9 Å². The van der Waals surface area contributed by atoms with Gasteiger partial charge in [0.15, 0.2) is 6.61 Å². The first-order valence-corrected chi connectivity index (χ1v) is 8.41. The van der Waals surface area contributed by atoms with E-state index in [-0.39, 0.29) is 12.5 Å². The van der Waals surface area contributed by atoms with E-state index in [2.05, 4.69) is 24.7 Å². The second kappa shape index (κ2) is 8.87. The number of para-hydroxylation sites is 1. The quantitative estimate of drug-likeness (QED) is 0.794. The van der Waals surface area contributed by atoms with Crippen molar-refractivity contribution in [2.24, 2.45) is 0 Å². The van der Waals surface area contributed by atoms with Crippen LogP contribution in [0.2, 0.25) is 0 Å². The summed E-state index contributed by atoms with van der Waals surface area (Å²) in [7, 11) is 0. The minimum atomic E-state index is -0.419. The summed E-state index contributed by atoms with van der Waals surface area (Å²) in [5.41, 5.74) is 7.43. The molecule has 0 atom stereocenters. The molecular weight excluding hydrogens is 316 g/mol. The third-order valence-corrected chi connectivity index (χ3v) is 3.84. The molecule has 0 aliphatic rings. The lowest BCUT2D eigenvalue weighted by atomic mass is 10.0. The standard InChI is InChI=1S/C20H24N2O3/c1-4-15-9-11-16(12-10-15)20(24)22-21-19(23)13-25-18-8-6-5-7-17(18)14(2)3/h5-12,14H,4,13H2,1-3H3,(H,21,23)(H,22,24). The van der Waals surface area contributed by atoms with Crippen molar-refractivity contribution in [1.29, 1.82) is 0 Å². The average molecular weight is 340 g/mol. The minimum Gasteiger partial charge on any atom is -0.483 e. The molecule has 0 spiro atoms. The molecule has 25 heavy (non-hydrogen) atoms. The van der Waals surface area contributed by atoms with E-state index in [0.717, 1.165) is 17.5 Å². The average Bonchev–Trinajstić information content (AvgIpc) is 2.64. The van der Waals surface area contributed by atoms with Crippen molar-refractivity contribution in [3.63, 3.8) is 0 Å². The van der Waals surface area contributed by atoms with Crippen LogP contribution in [-0.2, 0) is 11.2 Å². The highest BCUT2D eigenvalue weighted by Gasteiger charge is 2.10. The van der Waals surface area contributed by atoms with E-state index in [1.807, 2.05) is 43.3 Å². The van der Waals surface area contributed by atoms with Crippen LogP contribution in [0.25, 0.3) is 0 Å². The minimum absolute atomic E-state index is 0.168. The fraction of sp³-hybridized carbons (Fsp3) is 0.300. The molecule has 0 fully saturated rings. The SMILES string of the molecule is CCc1ccc(C(=O)NNC(=O)COc2ccccc2C(C)C)cc1. The van der Waals surface area contributed by atoms with Crippen LogP contribution in [0.15, 0.2) is 48.5 Å². The molecule has 0 aromatic heterocycles. The Kier molecular flexibility index (Phi) is 6.57. The third kappa shape index (κ3) is 5.35. The van der Waals surface area contributed by atoms with Gasteiger partial charge in [0.1, 0.15) is 5.75 Å². The number of hydrogen-bond acceptors (Lipinski definition) is 3. The van der Waals surface area contributed by atoms with Gasteiger partial charge in [0, 0.05) is 5.56 Å². The molecule has 0 saturated carbocycles. The van der Waals surface area contributed by atoms with Crippen LogP contribution in [0.4, 0.5) is 0 Å². The molecule has 0 saturated heterocycles. The highest BCUT2D eigenvalue weighted by molar-refractivity contribution is 5.95. The van der Waals surface area contributed by atoms with E-state index in [4.69, 9.17) is 4.74 Å². The van der Waals surface area contributed by atoms with Gasteiger partial charge < -0.3 is 4.74 Å². The van der Waals surface area contributed by atoms with Gasteiger partial charge in [0.25, 0.3) is 11.8 Å². The maximum Gasteiger partial charge on any atom is 0.276 e. The maximum atomic E-state index is 12.0. The predicted molar refractivity (Wildman–Crippen MR) is 97.5 cm³/mol. The lowest BCUT2D eigenvalue weighted by molar-refractivity contribution is -0.123. The Morgan fingerprint density at radius 1 is 1.00 bits per heavy atom. The first-order valence-electron chi connectivity index (χ1n) is 8.41. The van der Waals surface area contributed by atoms with Crippen molar-refractivity contribution in [2.45, 2.75) is 33.1 Å². The highest BCUT2D eigenvalue weighted by atomic mass is 16.5. The normalized spacial score (nSPS) is 10.4. The summed E-state index contributed by atoms with van der Waals surface area (Å²) < 4.78 is 5.57. The molecule has 2 aromatic rings. The molecule has 132 valence electrons. The summed E-state index contributed by atoms with van der Waals surface area (Å²) in [5.74, 6) is 0.190. The number of nitrogens with one attached hydrogen (secondary N) is 2. The Labute approximate surface area is 148 Å². The number of benzene rings is 2. The monoisotopic (exact) mass is 340 g/mol. The zero-order valence-corrected chi connectivity index (χ0v) is 14.8. The van der Waals surface area contributed by atoms with E-state index >= 15 is 0 Å². The first-order chi connectivity index (χ1) is 12.0. The molecule has 0 bridgehead atoms. The summed E-state index contributed by atoms with van der Waals surface area (Å²) in [4.78, 5) is 23.9. The molecule has 2 aromatic carbocycles. The smallest absolute Gasteiger partial charge is 0.276 e. The Morgan fingerprint density at radius 3 is 2.32 bits per heavy atom. The largest absolute Gasteiger partial charge is 0.483 e. The van der Waals surface area contributed by atoms with E-state index in [9.17, 15) is 9.59 Å². The fourth-order valence-corrected chi connectivity index (χ4v) is 2.36. The Balaban J connectivity index is 1.83. The van der Waals surface area contributed by atoms with Crippen LogP contribution in [-0.4, -0.2) is 18.4 Å². The molecule has 0 unspecified atom stereocenters. The lowest BCUT2D eigenvalue weighted by Gasteiger charge is -2.14. The molecule has 0 aliphatic heterocycles. The van der Waals surface area contributed by atoms with Crippen molar-refractivity contribution in [3.05, 3.63) is 65.2 Å². The predicted octanol–water partition coefficient (Wildman–Crippen LogP) is 3.21. The van der Waals surface area contributed by atoms with Crippen LogP contribution >= 0.6 is 0 Å². The van der Waals surface area contributed by atoms with Crippen molar-refractivity contribution < 1.29 is 14.3 Å². The van der Waals surface area contributed by atoms with Gasteiger partial charge in [-0.25, -0.2) is 0 Å². The number of hydrogen-bond donors (Lipinski definition) is 2. The highest BCUT2D eigenvalue weighted by Crippen LogP contribution is 2.25. The van der Waals surface area contributed by atoms with Gasteiger partial charge in [-0.1, -0.05) is 51.1 Å². The van der Waals surface area contributed by atoms with E-state index in [0.29, 0.717) is 17.2 Å². The molecule has 0 aliphatic carbocycles. The lowest BCUT2D eigenvalue weighted by Crippen LogP contribution is -2.43. The van der Waals surface area contributed by atoms with Gasteiger partial charge in [-0.05, 0) is 41.7 Å². The molecule has 5 heteroatoms. The Bertz CT molecular complexity index is 724. The Hall–Kier alpha value is -2.82. The van der Waals surface area contributed by atoms with Crippen LogP contribution in [0, 0.1) is 0 Å². The van der Waals surface area contributed by atoms with Crippen molar-refractivity contribution >= 4 is 11.8 Å². The van der Waals surface area contributed by atoms with E-state index < -0.39 is 5.91 Å². The fourth-order valence-electron chi connectivity index (χ4n) is 2.36. The van der Waals surface area contributed by atoms with Gasteiger partial charge in [-0.15, -0.1) is 0 Å². The summed E-state index contributed by atoms with van der Waals surface area (Å²) in [5, 5.41) is 0. The van der Waals surface area contributed by atoms with Crippen LogP contribution in [0.5, 0.6) is 5.75 Å². The molecule has 5 nitrogen and oxygen atoms in total. The summed E-state index contributed by atoms with van der Waals surface area (Å²) in [6.07, 6.45) is 0.911. The van der Waals surface area contributed by atoms with E-state index in [1.54, 1.807) is 12.1 Å². The molecular formula is C20H24N2O3. The molecule has 0 heterocycles. The Morgan fingerprint density at radius 2 is 1.68 bits per heavy atom. The number of ether oxygens (including phenoxy) is 1.